The molecule has 0 aliphatic rings. The Kier molecular flexibility index (Phi) is 4.53. The standard InChI is InChI=1S/C11H15N5O3S/c1-18-5-3-13-9-7(10(17)19-2)8(12)16(15-9)11-14-4-6-20-11/h4,6H,3,5,12H2,1-2H3,(H,13,15). The number of nitrogens with two attached hydrogens (primary N) is 1. The summed E-state index contributed by atoms with van der Waals surface area (Å²) >= 11 is 1.36. The SMILES string of the molecule is COCCNc1nn(-c2nccs2)c(N)c1C(=O)OC. The lowest BCUT2D eigenvalue weighted by Crippen LogP contribution is -2.12. The Hall–Kier alpha value is -2.13. The zero-order valence-corrected chi connectivity index (χ0v) is 11.9. The van der Waals surface area contributed by atoms with E-state index in [0.29, 0.717) is 24.1 Å². The van der Waals surface area contributed by atoms with Crippen molar-refractivity contribution in [3.8, 4) is 5.13 Å². The number of esters is 1. The second kappa shape index (κ2) is 6.35. The molecule has 108 valence electrons. The van der Waals surface area contributed by atoms with Crippen LogP contribution in [-0.4, -0.2) is 48.1 Å². The number of nitrogen functional groups attached to an aromatic ring is 1. The molecule has 8 nitrogen and oxygen atoms in total. The number of methoxy groups -OCH3 is 2. The Labute approximate surface area is 119 Å². The van der Waals surface area contributed by atoms with Gasteiger partial charge in [0.05, 0.1) is 13.7 Å². The molecule has 0 bridgehead atoms. The van der Waals surface area contributed by atoms with Crippen molar-refractivity contribution >= 4 is 28.9 Å². The molecule has 0 spiro atoms. The fourth-order valence-electron chi connectivity index (χ4n) is 1.60. The van der Waals surface area contributed by atoms with Gasteiger partial charge in [0.1, 0.15) is 11.4 Å². The van der Waals surface area contributed by atoms with Crippen molar-refractivity contribution in [1.29, 1.82) is 0 Å². The lowest BCUT2D eigenvalue weighted by molar-refractivity contribution is 0.0603. The predicted octanol–water partition coefficient (Wildman–Crippen LogP) is 0.756. The fraction of sp³-hybridized carbons (Fsp3) is 0.364. The molecule has 0 fully saturated rings. The van der Waals surface area contributed by atoms with Crippen LogP contribution in [0.3, 0.4) is 0 Å². The summed E-state index contributed by atoms with van der Waals surface area (Å²) in [5, 5.41) is 9.63. The molecule has 0 amide bonds. The first-order valence-electron chi connectivity index (χ1n) is 5.78. The van der Waals surface area contributed by atoms with E-state index in [0.717, 1.165) is 0 Å². The molecule has 3 N–H and O–H groups in total. The van der Waals surface area contributed by atoms with Gasteiger partial charge in [0.25, 0.3) is 0 Å². The number of nitrogens with one attached hydrogen (secondary N) is 1. The van der Waals surface area contributed by atoms with Crippen LogP contribution in [0.4, 0.5) is 11.6 Å². The molecule has 0 atom stereocenters. The highest BCUT2D eigenvalue weighted by Gasteiger charge is 2.24. The minimum absolute atomic E-state index is 0.187. The summed E-state index contributed by atoms with van der Waals surface area (Å²) < 4.78 is 11.1. The minimum Gasteiger partial charge on any atom is -0.465 e. The van der Waals surface area contributed by atoms with E-state index < -0.39 is 5.97 Å². The van der Waals surface area contributed by atoms with E-state index in [2.05, 4.69) is 15.4 Å². The number of anilines is 2. The van der Waals surface area contributed by atoms with Crippen LogP contribution >= 0.6 is 11.3 Å². The van der Waals surface area contributed by atoms with Crippen molar-refractivity contribution in [2.45, 2.75) is 0 Å². The lowest BCUT2D eigenvalue weighted by atomic mass is 10.3. The quantitative estimate of drug-likeness (QED) is 0.599. The molecule has 0 aliphatic heterocycles. The highest BCUT2D eigenvalue weighted by Crippen LogP contribution is 2.26. The van der Waals surface area contributed by atoms with Gasteiger partial charge in [-0.15, -0.1) is 16.4 Å². The molecule has 20 heavy (non-hydrogen) atoms. The van der Waals surface area contributed by atoms with Crippen LogP contribution in [0.25, 0.3) is 5.13 Å². The highest BCUT2D eigenvalue weighted by atomic mass is 32.1. The van der Waals surface area contributed by atoms with E-state index in [1.54, 1.807) is 18.7 Å². The Morgan fingerprint density at radius 1 is 1.55 bits per heavy atom. The number of aromatic nitrogens is 3. The third-order valence-electron chi connectivity index (χ3n) is 2.51. The van der Waals surface area contributed by atoms with Gasteiger partial charge in [0, 0.05) is 25.2 Å². The maximum absolute atomic E-state index is 11.8. The van der Waals surface area contributed by atoms with E-state index in [1.165, 1.54) is 23.1 Å². The summed E-state index contributed by atoms with van der Waals surface area (Å²) in [6.45, 7) is 0.972. The van der Waals surface area contributed by atoms with Crippen molar-refractivity contribution in [1.82, 2.24) is 14.8 Å². The van der Waals surface area contributed by atoms with E-state index in [4.69, 9.17) is 15.2 Å². The van der Waals surface area contributed by atoms with E-state index >= 15 is 0 Å². The first-order valence-corrected chi connectivity index (χ1v) is 6.66. The number of carbonyl (C=O) groups is 1. The van der Waals surface area contributed by atoms with Crippen molar-refractivity contribution in [3.05, 3.63) is 17.1 Å². The Morgan fingerprint density at radius 3 is 2.95 bits per heavy atom. The average Bonchev–Trinajstić information content (AvgIpc) is 3.06. The van der Waals surface area contributed by atoms with Gasteiger partial charge in [-0.3, -0.25) is 0 Å². The molecule has 2 aromatic heterocycles. The predicted molar refractivity (Wildman–Crippen MR) is 75.4 cm³/mol. The molecular formula is C11H15N5O3S. The molecule has 9 heteroatoms. The fourth-order valence-corrected chi connectivity index (χ4v) is 2.20. The number of ether oxygens (including phenoxy) is 2. The smallest absolute Gasteiger partial charge is 0.345 e. The maximum Gasteiger partial charge on any atom is 0.345 e. The van der Waals surface area contributed by atoms with Crippen molar-refractivity contribution in [2.24, 2.45) is 0 Å². The summed E-state index contributed by atoms with van der Waals surface area (Å²) in [6, 6.07) is 0. The second-order valence-electron chi connectivity index (χ2n) is 3.75. The van der Waals surface area contributed by atoms with Gasteiger partial charge in [-0.2, -0.15) is 4.68 Å². The van der Waals surface area contributed by atoms with Crippen molar-refractivity contribution < 1.29 is 14.3 Å². The zero-order valence-electron chi connectivity index (χ0n) is 11.1. The molecular weight excluding hydrogens is 282 g/mol. The molecule has 0 unspecified atom stereocenters. The Bertz CT molecular complexity index is 581. The molecule has 2 rings (SSSR count). The van der Waals surface area contributed by atoms with Gasteiger partial charge < -0.3 is 20.5 Å². The minimum atomic E-state index is -0.551. The summed E-state index contributed by atoms with van der Waals surface area (Å²) in [4.78, 5) is 15.9. The normalized spacial score (nSPS) is 10.5. The first-order chi connectivity index (χ1) is 9.69. The zero-order chi connectivity index (χ0) is 14.5. The summed E-state index contributed by atoms with van der Waals surface area (Å²) in [5.74, 6) is -0.0152. The summed E-state index contributed by atoms with van der Waals surface area (Å²) in [5.41, 5.74) is 6.16. The topological polar surface area (TPSA) is 104 Å². The Morgan fingerprint density at radius 2 is 2.35 bits per heavy atom. The van der Waals surface area contributed by atoms with Crippen molar-refractivity contribution in [2.75, 3.05) is 38.4 Å². The summed E-state index contributed by atoms with van der Waals surface area (Å²) in [7, 11) is 2.88. The molecule has 0 saturated carbocycles. The van der Waals surface area contributed by atoms with Crippen molar-refractivity contribution in [3.63, 3.8) is 0 Å². The van der Waals surface area contributed by atoms with Gasteiger partial charge in [-0.25, -0.2) is 9.78 Å². The van der Waals surface area contributed by atoms with Gasteiger partial charge >= 0.3 is 5.97 Å². The number of thiazole rings is 1. The monoisotopic (exact) mass is 297 g/mol. The van der Waals surface area contributed by atoms with Crippen LogP contribution in [0.1, 0.15) is 10.4 Å². The third-order valence-corrected chi connectivity index (χ3v) is 3.26. The first kappa shape index (κ1) is 14.3. The number of nitrogens with zero attached hydrogens (tertiary/aromatic N) is 3. The molecule has 0 aromatic carbocycles. The lowest BCUT2D eigenvalue weighted by Gasteiger charge is -2.04. The molecule has 0 aliphatic carbocycles. The number of hydrogen-bond donors (Lipinski definition) is 2. The van der Waals surface area contributed by atoms with Gasteiger partial charge in [-0.05, 0) is 0 Å². The number of carbonyl (C=O) groups excluding carboxylic acids is 1. The molecule has 2 heterocycles. The van der Waals surface area contributed by atoms with Gasteiger partial charge in [0.15, 0.2) is 5.82 Å². The maximum atomic E-state index is 11.8. The van der Waals surface area contributed by atoms with Crippen LogP contribution in [-0.2, 0) is 9.47 Å². The van der Waals surface area contributed by atoms with Crippen LogP contribution in [0.5, 0.6) is 0 Å². The van der Waals surface area contributed by atoms with E-state index in [9.17, 15) is 4.79 Å². The molecule has 0 saturated heterocycles. The van der Waals surface area contributed by atoms with E-state index in [1.807, 2.05) is 0 Å². The largest absolute Gasteiger partial charge is 0.465 e. The van der Waals surface area contributed by atoms with Crippen LogP contribution in [0.2, 0.25) is 0 Å². The highest BCUT2D eigenvalue weighted by molar-refractivity contribution is 7.12. The summed E-state index contributed by atoms with van der Waals surface area (Å²) in [6.07, 6.45) is 1.64. The van der Waals surface area contributed by atoms with Crippen LogP contribution in [0, 0.1) is 0 Å². The average molecular weight is 297 g/mol. The van der Waals surface area contributed by atoms with E-state index in [-0.39, 0.29) is 11.4 Å². The third kappa shape index (κ3) is 2.73. The molecule has 0 radical (unpaired) electrons. The van der Waals surface area contributed by atoms with Gasteiger partial charge in [-0.1, -0.05) is 0 Å². The number of rotatable bonds is 6. The Balaban J connectivity index is 2.38. The number of hydrogen-bond acceptors (Lipinski definition) is 8. The van der Waals surface area contributed by atoms with Gasteiger partial charge in [0.2, 0.25) is 5.13 Å². The second-order valence-corrected chi connectivity index (χ2v) is 4.62. The van der Waals surface area contributed by atoms with Crippen LogP contribution in [0.15, 0.2) is 11.6 Å². The molecule has 2 aromatic rings. The van der Waals surface area contributed by atoms with Crippen LogP contribution < -0.4 is 11.1 Å².